The Morgan fingerprint density at radius 3 is 3.17 bits per heavy atom. The zero-order chi connectivity index (χ0) is 8.55. The van der Waals surface area contributed by atoms with Crippen LogP contribution in [0.5, 0.6) is 5.75 Å². The van der Waals surface area contributed by atoms with Gasteiger partial charge in [-0.15, -0.1) is 11.6 Å². The highest BCUT2D eigenvalue weighted by atomic mass is 35.5. The summed E-state index contributed by atoms with van der Waals surface area (Å²) in [7, 11) is 0. The zero-order valence-electron chi connectivity index (χ0n) is 7.01. The Bertz CT molecular complexity index is 296. The van der Waals surface area contributed by atoms with Crippen molar-refractivity contribution in [2.75, 3.05) is 6.61 Å². The molecule has 0 saturated carbocycles. The number of benzene rings is 1. The van der Waals surface area contributed by atoms with Crippen LogP contribution in [0.25, 0.3) is 0 Å². The molecule has 1 atom stereocenters. The molecule has 0 saturated heterocycles. The molecule has 1 heterocycles. The van der Waals surface area contributed by atoms with Crippen LogP contribution in [0, 0.1) is 6.92 Å². The number of hydrogen-bond acceptors (Lipinski definition) is 1. The van der Waals surface area contributed by atoms with E-state index in [2.05, 4.69) is 19.1 Å². The predicted molar refractivity (Wildman–Crippen MR) is 49.9 cm³/mol. The summed E-state index contributed by atoms with van der Waals surface area (Å²) in [6.45, 7) is 2.80. The molecule has 0 N–H and O–H groups in total. The quantitative estimate of drug-likeness (QED) is 0.561. The Labute approximate surface area is 77.3 Å². The van der Waals surface area contributed by atoms with Crippen molar-refractivity contribution < 1.29 is 4.74 Å². The standard InChI is InChI=1S/C10H11ClO/c1-7-2-3-8-9(11)4-5-12-10(8)6-7/h2-3,6,9H,4-5H2,1H3. The van der Waals surface area contributed by atoms with Crippen LogP contribution in [0.15, 0.2) is 18.2 Å². The van der Waals surface area contributed by atoms with Gasteiger partial charge in [0.15, 0.2) is 0 Å². The number of hydrogen-bond donors (Lipinski definition) is 0. The number of fused-ring (bicyclic) bond motifs is 1. The molecular weight excluding hydrogens is 172 g/mol. The van der Waals surface area contributed by atoms with E-state index >= 15 is 0 Å². The van der Waals surface area contributed by atoms with Gasteiger partial charge < -0.3 is 4.74 Å². The van der Waals surface area contributed by atoms with E-state index in [9.17, 15) is 0 Å². The molecule has 1 unspecified atom stereocenters. The lowest BCUT2D eigenvalue weighted by molar-refractivity contribution is 0.285. The van der Waals surface area contributed by atoms with Crippen molar-refractivity contribution in [3.8, 4) is 5.75 Å². The highest BCUT2D eigenvalue weighted by Crippen LogP contribution is 2.36. The number of ether oxygens (including phenoxy) is 1. The molecule has 64 valence electrons. The van der Waals surface area contributed by atoms with Gasteiger partial charge in [-0.25, -0.2) is 0 Å². The molecule has 2 rings (SSSR count). The van der Waals surface area contributed by atoms with Crippen LogP contribution < -0.4 is 4.74 Å². The van der Waals surface area contributed by atoms with Crippen LogP contribution >= 0.6 is 11.6 Å². The Hall–Kier alpha value is -0.690. The average Bonchev–Trinajstić information content (AvgIpc) is 2.04. The first-order valence-electron chi connectivity index (χ1n) is 4.15. The van der Waals surface area contributed by atoms with Crippen molar-refractivity contribution in [3.63, 3.8) is 0 Å². The molecule has 0 spiro atoms. The van der Waals surface area contributed by atoms with Gasteiger partial charge >= 0.3 is 0 Å². The molecular formula is C10H11ClO. The highest BCUT2D eigenvalue weighted by molar-refractivity contribution is 6.21. The summed E-state index contributed by atoms with van der Waals surface area (Å²) in [5.74, 6) is 0.959. The molecule has 0 amide bonds. The average molecular weight is 183 g/mol. The van der Waals surface area contributed by atoms with Crippen molar-refractivity contribution >= 4 is 11.6 Å². The first-order valence-corrected chi connectivity index (χ1v) is 4.58. The van der Waals surface area contributed by atoms with Gasteiger partial charge in [0.05, 0.1) is 12.0 Å². The molecule has 0 radical (unpaired) electrons. The highest BCUT2D eigenvalue weighted by Gasteiger charge is 2.18. The van der Waals surface area contributed by atoms with Gasteiger partial charge in [-0.3, -0.25) is 0 Å². The van der Waals surface area contributed by atoms with Crippen molar-refractivity contribution in [2.45, 2.75) is 18.7 Å². The minimum atomic E-state index is 0.134. The molecule has 1 nitrogen and oxygen atoms in total. The molecule has 1 aromatic rings. The maximum atomic E-state index is 6.12. The van der Waals surface area contributed by atoms with Gasteiger partial charge in [0, 0.05) is 12.0 Å². The molecule has 0 aromatic heterocycles. The molecule has 1 aliphatic rings. The summed E-state index contributed by atoms with van der Waals surface area (Å²) in [4.78, 5) is 0. The number of halogens is 1. The summed E-state index contributed by atoms with van der Waals surface area (Å²) in [6, 6.07) is 6.17. The fraction of sp³-hybridized carbons (Fsp3) is 0.400. The van der Waals surface area contributed by atoms with Crippen LogP contribution in [0.2, 0.25) is 0 Å². The van der Waals surface area contributed by atoms with E-state index in [1.54, 1.807) is 0 Å². The van der Waals surface area contributed by atoms with Crippen LogP contribution in [-0.2, 0) is 0 Å². The molecule has 2 heteroatoms. The third-order valence-corrected chi connectivity index (χ3v) is 2.59. The van der Waals surface area contributed by atoms with Crippen LogP contribution in [0.3, 0.4) is 0 Å². The predicted octanol–water partition coefficient (Wildman–Crippen LogP) is 3.06. The fourth-order valence-corrected chi connectivity index (χ4v) is 1.72. The van der Waals surface area contributed by atoms with E-state index in [0.717, 1.165) is 24.3 Å². The molecule has 0 fully saturated rings. The topological polar surface area (TPSA) is 9.23 Å². The smallest absolute Gasteiger partial charge is 0.124 e. The molecule has 0 aliphatic carbocycles. The van der Waals surface area contributed by atoms with Crippen molar-refractivity contribution in [1.29, 1.82) is 0 Å². The summed E-state index contributed by atoms with van der Waals surface area (Å²) < 4.78 is 5.49. The van der Waals surface area contributed by atoms with E-state index in [0.29, 0.717) is 0 Å². The Balaban J connectivity index is 2.46. The third kappa shape index (κ3) is 1.29. The lowest BCUT2D eigenvalue weighted by atomic mass is 10.0. The summed E-state index contributed by atoms with van der Waals surface area (Å²) in [5.41, 5.74) is 2.35. The van der Waals surface area contributed by atoms with E-state index in [1.165, 1.54) is 5.56 Å². The van der Waals surface area contributed by atoms with Gasteiger partial charge in [-0.1, -0.05) is 12.1 Å². The lowest BCUT2D eigenvalue weighted by Crippen LogP contribution is -2.10. The second kappa shape index (κ2) is 2.98. The van der Waals surface area contributed by atoms with Crippen molar-refractivity contribution in [1.82, 2.24) is 0 Å². The summed E-state index contributed by atoms with van der Waals surface area (Å²) in [5, 5.41) is 0.134. The minimum Gasteiger partial charge on any atom is -0.493 e. The van der Waals surface area contributed by atoms with Crippen molar-refractivity contribution in [2.24, 2.45) is 0 Å². The Morgan fingerprint density at radius 2 is 2.33 bits per heavy atom. The van der Waals surface area contributed by atoms with E-state index in [-0.39, 0.29) is 5.38 Å². The molecule has 12 heavy (non-hydrogen) atoms. The van der Waals surface area contributed by atoms with Crippen molar-refractivity contribution in [3.05, 3.63) is 29.3 Å². The summed E-state index contributed by atoms with van der Waals surface area (Å²) in [6.07, 6.45) is 0.914. The van der Waals surface area contributed by atoms with Gasteiger partial charge in [0.1, 0.15) is 5.75 Å². The minimum absolute atomic E-state index is 0.134. The molecule has 0 bridgehead atoms. The largest absolute Gasteiger partial charge is 0.493 e. The van der Waals surface area contributed by atoms with Gasteiger partial charge in [-0.05, 0) is 18.6 Å². The zero-order valence-corrected chi connectivity index (χ0v) is 7.77. The normalized spacial score (nSPS) is 21.3. The van der Waals surface area contributed by atoms with Gasteiger partial charge in [0.2, 0.25) is 0 Å². The van der Waals surface area contributed by atoms with Crippen LogP contribution in [0.1, 0.15) is 22.9 Å². The maximum absolute atomic E-state index is 6.12. The van der Waals surface area contributed by atoms with Gasteiger partial charge in [-0.2, -0.15) is 0 Å². The lowest BCUT2D eigenvalue weighted by Gasteiger charge is -2.21. The second-order valence-electron chi connectivity index (χ2n) is 3.15. The van der Waals surface area contributed by atoms with Crippen LogP contribution in [-0.4, -0.2) is 6.61 Å². The third-order valence-electron chi connectivity index (χ3n) is 2.14. The summed E-state index contributed by atoms with van der Waals surface area (Å²) >= 11 is 6.12. The van der Waals surface area contributed by atoms with E-state index in [4.69, 9.17) is 16.3 Å². The van der Waals surface area contributed by atoms with E-state index in [1.807, 2.05) is 6.07 Å². The van der Waals surface area contributed by atoms with Crippen LogP contribution in [0.4, 0.5) is 0 Å². The number of alkyl halides is 1. The van der Waals surface area contributed by atoms with Gasteiger partial charge in [0.25, 0.3) is 0 Å². The first-order chi connectivity index (χ1) is 5.77. The number of rotatable bonds is 0. The first kappa shape index (κ1) is 7.93. The fourth-order valence-electron chi connectivity index (χ4n) is 1.45. The molecule has 1 aliphatic heterocycles. The Kier molecular flexibility index (Phi) is 1.97. The number of aryl methyl sites for hydroxylation is 1. The Morgan fingerprint density at radius 1 is 1.50 bits per heavy atom. The van der Waals surface area contributed by atoms with E-state index < -0.39 is 0 Å². The molecule has 1 aromatic carbocycles. The monoisotopic (exact) mass is 182 g/mol. The maximum Gasteiger partial charge on any atom is 0.124 e. The second-order valence-corrected chi connectivity index (χ2v) is 3.67. The SMILES string of the molecule is Cc1ccc2c(c1)OCCC2Cl.